The van der Waals surface area contributed by atoms with E-state index in [1.54, 1.807) is 36.1 Å². The standard InChI is InChI=1S/C22H20N4O3S/c1-13-19(26-11-16(29-2)7-8-18(26)23-13)17-12-30-21(24-17)22(9-10-22)15-5-3-14(4-6-15)20(27)25-28/h3-8,11-12,28H,9-10H2,1-2H3,(H,25,27). The number of aromatic nitrogens is 3. The fourth-order valence-electron chi connectivity index (χ4n) is 3.93. The summed E-state index contributed by atoms with van der Waals surface area (Å²) in [6.07, 6.45) is 3.97. The van der Waals surface area contributed by atoms with Crippen molar-refractivity contribution in [3.05, 3.63) is 69.8 Å². The molecule has 1 fully saturated rings. The van der Waals surface area contributed by atoms with Crippen molar-refractivity contribution in [1.29, 1.82) is 0 Å². The molecule has 1 aromatic carbocycles. The molecule has 1 aliphatic carbocycles. The van der Waals surface area contributed by atoms with Gasteiger partial charge in [0.1, 0.15) is 22.1 Å². The molecule has 8 heteroatoms. The van der Waals surface area contributed by atoms with Crippen LogP contribution in [-0.4, -0.2) is 32.6 Å². The molecule has 0 unspecified atom stereocenters. The number of aryl methyl sites for hydroxylation is 1. The smallest absolute Gasteiger partial charge is 0.274 e. The molecular weight excluding hydrogens is 400 g/mol. The van der Waals surface area contributed by atoms with Crippen LogP contribution in [0.15, 0.2) is 48.0 Å². The Labute approximate surface area is 177 Å². The number of carbonyl (C=O) groups excluding carboxylic acids is 1. The first-order valence-electron chi connectivity index (χ1n) is 9.60. The van der Waals surface area contributed by atoms with Crippen molar-refractivity contribution in [3.63, 3.8) is 0 Å². The molecule has 30 heavy (non-hydrogen) atoms. The second-order valence-electron chi connectivity index (χ2n) is 7.48. The van der Waals surface area contributed by atoms with Crippen molar-refractivity contribution in [2.45, 2.75) is 25.2 Å². The van der Waals surface area contributed by atoms with E-state index in [0.717, 1.165) is 51.9 Å². The van der Waals surface area contributed by atoms with Crippen LogP contribution < -0.4 is 10.2 Å². The highest BCUT2D eigenvalue weighted by atomic mass is 32.1. The van der Waals surface area contributed by atoms with Crippen LogP contribution in [0.4, 0.5) is 0 Å². The van der Waals surface area contributed by atoms with E-state index in [1.165, 1.54) is 0 Å². The van der Waals surface area contributed by atoms with Crippen molar-refractivity contribution in [2.75, 3.05) is 7.11 Å². The molecule has 152 valence electrons. The summed E-state index contributed by atoms with van der Waals surface area (Å²) in [5.74, 6) is 0.253. The maximum atomic E-state index is 11.6. The second kappa shape index (κ2) is 6.93. The summed E-state index contributed by atoms with van der Waals surface area (Å²) in [7, 11) is 1.65. The Morgan fingerprint density at radius 3 is 2.63 bits per heavy atom. The molecular formula is C22H20N4O3S. The summed E-state index contributed by atoms with van der Waals surface area (Å²) in [6.45, 7) is 1.99. The molecule has 1 amide bonds. The average Bonchev–Trinajstić information content (AvgIpc) is 3.32. The zero-order valence-corrected chi connectivity index (χ0v) is 17.4. The third-order valence-electron chi connectivity index (χ3n) is 5.71. The second-order valence-corrected chi connectivity index (χ2v) is 8.34. The molecule has 1 aliphatic rings. The van der Waals surface area contributed by atoms with Crippen LogP contribution in [0.1, 0.15) is 39.5 Å². The van der Waals surface area contributed by atoms with E-state index in [1.807, 2.05) is 41.8 Å². The van der Waals surface area contributed by atoms with Crippen LogP contribution in [0.2, 0.25) is 0 Å². The molecule has 1 saturated carbocycles. The first-order chi connectivity index (χ1) is 14.6. The summed E-state index contributed by atoms with van der Waals surface area (Å²) in [5, 5.41) is 12.0. The molecule has 0 bridgehead atoms. The quantitative estimate of drug-likeness (QED) is 0.377. The number of imidazole rings is 1. The normalized spacial score (nSPS) is 14.6. The first-order valence-corrected chi connectivity index (χ1v) is 10.5. The zero-order valence-electron chi connectivity index (χ0n) is 16.5. The molecule has 2 N–H and O–H groups in total. The van der Waals surface area contributed by atoms with E-state index in [9.17, 15) is 4.79 Å². The molecule has 0 spiro atoms. The predicted molar refractivity (Wildman–Crippen MR) is 113 cm³/mol. The minimum Gasteiger partial charge on any atom is -0.495 e. The highest BCUT2D eigenvalue weighted by Crippen LogP contribution is 2.54. The number of thiazole rings is 1. The molecule has 5 rings (SSSR count). The molecule has 3 heterocycles. The van der Waals surface area contributed by atoms with E-state index < -0.39 is 5.91 Å². The number of pyridine rings is 1. The van der Waals surface area contributed by atoms with E-state index >= 15 is 0 Å². The number of fused-ring (bicyclic) bond motifs is 1. The monoisotopic (exact) mass is 420 g/mol. The fraction of sp³-hybridized carbons (Fsp3) is 0.227. The van der Waals surface area contributed by atoms with Crippen LogP contribution in [-0.2, 0) is 5.41 Å². The van der Waals surface area contributed by atoms with Gasteiger partial charge in [-0.1, -0.05) is 12.1 Å². The number of hydrogen-bond donors (Lipinski definition) is 2. The zero-order chi connectivity index (χ0) is 20.9. The van der Waals surface area contributed by atoms with Crippen LogP contribution in [0.3, 0.4) is 0 Å². The van der Waals surface area contributed by atoms with Gasteiger partial charge in [0.2, 0.25) is 0 Å². The highest BCUT2D eigenvalue weighted by Gasteiger charge is 2.48. The van der Waals surface area contributed by atoms with E-state index in [-0.39, 0.29) is 5.41 Å². The van der Waals surface area contributed by atoms with Crippen LogP contribution in [0.5, 0.6) is 5.75 Å². The summed E-state index contributed by atoms with van der Waals surface area (Å²) in [5.41, 5.74) is 6.76. The van der Waals surface area contributed by atoms with Crippen molar-refractivity contribution in [3.8, 4) is 17.1 Å². The van der Waals surface area contributed by atoms with E-state index in [4.69, 9.17) is 14.9 Å². The van der Waals surface area contributed by atoms with Gasteiger partial charge >= 0.3 is 0 Å². The van der Waals surface area contributed by atoms with Crippen molar-refractivity contribution in [2.24, 2.45) is 0 Å². The van der Waals surface area contributed by atoms with Gasteiger partial charge in [-0.15, -0.1) is 11.3 Å². The molecule has 0 radical (unpaired) electrons. The minimum atomic E-state index is -0.513. The summed E-state index contributed by atoms with van der Waals surface area (Å²) >= 11 is 1.65. The van der Waals surface area contributed by atoms with Gasteiger partial charge in [-0.25, -0.2) is 15.4 Å². The van der Waals surface area contributed by atoms with Gasteiger partial charge in [0, 0.05) is 16.4 Å². The number of amides is 1. The summed E-state index contributed by atoms with van der Waals surface area (Å²) in [4.78, 5) is 21.3. The average molecular weight is 420 g/mol. The Morgan fingerprint density at radius 2 is 1.97 bits per heavy atom. The van der Waals surface area contributed by atoms with Gasteiger partial charge in [0.15, 0.2) is 0 Å². The number of ether oxygens (including phenoxy) is 1. The van der Waals surface area contributed by atoms with Gasteiger partial charge in [0.25, 0.3) is 5.91 Å². The molecule has 4 aromatic rings. The van der Waals surface area contributed by atoms with E-state index in [0.29, 0.717) is 5.56 Å². The van der Waals surface area contributed by atoms with Crippen LogP contribution in [0.25, 0.3) is 17.0 Å². The number of nitrogens with one attached hydrogen (secondary N) is 1. The third kappa shape index (κ3) is 2.88. The number of hydrogen-bond acceptors (Lipinski definition) is 6. The van der Waals surface area contributed by atoms with Gasteiger partial charge in [0.05, 0.1) is 24.7 Å². The van der Waals surface area contributed by atoms with Crippen molar-refractivity contribution < 1.29 is 14.7 Å². The number of benzene rings is 1. The maximum absolute atomic E-state index is 11.6. The Kier molecular flexibility index (Phi) is 4.34. The minimum absolute atomic E-state index is 0.108. The lowest BCUT2D eigenvalue weighted by atomic mass is 9.95. The lowest BCUT2D eigenvalue weighted by Crippen LogP contribution is -2.18. The van der Waals surface area contributed by atoms with Crippen molar-refractivity contribution >= 4 is 22.9 Å². The first kappa shape index (κ1) is 18.8. The van der Waals surface area contributed by atoms with Crippen molar-refractivity contribution in [1.82, 2.24) is 19.8 Å². The SMILES string of the molecule is COc1ccc2nc(C)c(-c3csc(C4(c5ccc(C(=O)NO)cc5)CC4)n3)n2c1. The third-order valence-corrected chi connectivity index (χ3v) is 6.76. The number of methoxy groups -OCH3 is 1. The molecule has 7 nitrogen and oxygen atoms in total. The van der Waals surface area contributed by atoms with E-state index in [2.05, 4.69) is 10.4 Å². The van der Waals surface area contributed by atoms with Crippen LogP contribution >= 0.6 is 11.3 Å². The molecule has 3 aromatic heterocycles. The lowest BCUT2D eigenvalue weighted by Gasteiger charge is -2.13. The Bertz CT molecular complexity index is 1260. The molecule has 0 atom stereocenters. The molecule has 0 saturated heterocycles. The Hall–Kier alpha value is -3.23. The molecule has 0 aliphatic heterocycles. The van der Waals surface area contributed by atoms with Gasteiger partial charge in [-0.2, -0.15) is 0 Å². The Morgan fingerprint density at radius 1 is 1.20 bits per heavy atom. The maximum Gasteiger partial charge on any atom is 0.274 e. The Balaban J connectivity index is 1.53. The van der Waals surface area contributed by atoms with Gasteiger partial charge in [-0.05, 0) is 49.6 Å². The predicted octanol–water partition coefficient (Wildman–Crippen LogP) is 3.97. The summed E-state index contributed by atoms with van der Waals surface area (Å²) in [6, 6.07) is 11.2. The number of rotatable bonds is 5. The van der Waals surface area contributed by atoms with Gasteiger partial charge in [-0.3, -0.25) is 14.4 Å². The van der Waals surface area contributed by atoms with Crippen LogP contribution in [0, 0.1) is 6.92 Å². The number of nitrogens with zero attached hydrogens (tertiary/aromatic N) is 3. The van der Waals surface area contributed by atoms with Gasteiger partial charge < -0.3 is 4.74 Å². The fourth-order valence-corrected chi connectivity index (χ4v) is 5.02. The number of carbonyl (C=O) groups is 1. The summed E-state index contributed by atoms with van der Waals surface area (Å²) < 4.78 is 7.40. The lowest BCUT2D eigenvalue weighted by molar-refractivity contribution is 0.0706. The highest BCUT2D eigenvalue weighted by molar-refractivity contribution is 7.10. The number of hydroxylamine groups is 1. The topological polar surface area (TPSA) is 88.8 Å². The largest absolute Gasteiger partial charge is 0.495 e.